The normalized spacial score (nSPS) is 42.9. The van der Waals surface area contributed by atoms with E-state index in [4.69, 9.17) is 16.3 Å². The number of hydrogen-bond acceptors (Lipinski definition) is 2. The number of ether oxygens (including phenoxy) is 1. The van der Waals surface area contributed by atoms with E-state index < -0.39 is 5.43 Å². The quantitative estimate of drug-likeness (QED) is 0.299. The van der Waals surface area contributed by atoms with Gasteiger partial charge >= 0.3 is 5.43 Å². The lowest BCUT2D eigenvalue weighted by molar-refractivity contribution is -0.0573. The van der Waals surface area contributed by atoms with Gasteiger partial charge in [0.15, 0.2) is 0 Å². The van der Waals surface area contributed by atoms with Gasteiger partial charge in [0.1, 0.15) is 6.10 Å². The summed E-state index contributed by atoms with van der Waals surface area (Å²) in [6, 6.07) is 0. The van der Waals surface area contributed by atoms with E-state index in [2.05, 4.69) is 40.7 Å². The van der Waals surface area contributed by atoms with Crippen LogP contribution in [0.4, 0.5) is 4.79 Å². The van der Waals surface area contributed by atoms with Crippen LogP contribution in [0, 0.1) is 46.3 Å². The average Bonchev–Trinajstić information content (AvgIpc) is 3.05. The Balaban J connectivity index is 1.47. The van der Waals surface area contributed by atoms with Crippen LogP contribution in [-0.4, -0.2) is 11.5 Å². The maximum Gasteiger partial charge on any atom is 0.404 e. The summed E-state index contributed by atoms with van der Waals surface area (Å²) in [5.41, 5.74) is 1.77. The molecule has 0 bridgehead atoms. The van der Waals surface area contributed by atoms with Crippen LogP contribution in [0.2, 0.25) is 0 Å². The van der Waals surface area contributed by atoms with E-state index in [0.29, 0.717) is 10.8 Å². The Morgan fingerprint density at radius 3 is 2.58 bits per heavy atom. The number of halogens is 1. The monoisotopic (exact) mass is 448 g/mol. The van der Waals surface area contributed by atoms with Gasteiger partial charge in [0.25, 0.3) is 0 Å². The number of fused-ring (bicyclic) bond motifs is 5. The zero-order chi connectivity index (χ0) is 22.4. The van der Waals surface area contributed by atoms with Crippen molar-refractivity contribution in [2.24, 2.45) is 46.3 Å². The third kappa shape index (κ3) is 4.36. The molecule has 0 radical (unpaired) electrons. The summed E-state index contributed by atoms with van der Waals surface area (Å²) in [4.78, 5) is 11.2. The predicted molar refractivity (Wildman–Crippen MR) is 129 cm³/mol. The van der Waals surface area contributed by atoms with Crippen LogP contribution < -0.4 is 0 Å². The molecule has 3 saturated carbocycles. The molecule has 0 aliphatic heterocycles. The highest BCUT2D eigenvalue weighted by molar-refractivity contribution is 6.61. The molecule has 4 aliphatic carbocycles. The fraction of sp³-hybridized carbons (Fsp3) is 0.893. The first kappa shape index (κ1) is 23.7. The van der Waals surface area contributed by atoms with Crippen LogP contribution in [0.25, 0.3) is 0 Å². The van der Waals surface area contributed by atoms with E-state index in [1.54, 1.807) is 5.57 Å². The molecule has 4 aliphatic rings. The Morgan fingerprint density at radius 2 is 1.87 bits per heavy atom. The van der Waals surface area contributed by atoms with Crippen molar-refractivity contribution in [2.45, 2.75) is 111 Å². The minimum Gasteiger partial charge on any atom is -0.450 e. The molecule has 0 aromatic heterocycles. The van der Waals surface area contributed by atoms with Gasteiger partial charge in [-0.2, -0.15) is 0 Å². The molecule has 3 heteroatoms. The van der Waals surface area contributed by atoms with E-state index >= 15 is 0 Å². The first-order valence-electron chi connectivity index (χ1n) is 13.2. The van der Waals surface area contributed by atoms with E-state index in [1.165, 1.54) is 51.4 Å². The van der Waals surface area contributed by atoms with Gasteiger partial charge in [0.2, 0.25) is 0 Å². The number of hydrogen-bond donors (Lipinski definition) is 0. The van der Waals surface area contributed by atoms with Crippen molar-refractivity contribution in [2.75, 3.05) is 0 Å². The molecule has 3 fully saturated rings. The third-order valence-electron chi connectivity index (χ3n) is 10.5. The van der Waals surface area contributed by atoms with Crippen LogP contribution >= 0.6 is 11.6 Å². The lowest BCUT2D eigenvalue weighted by Crippen LogP contribution is -2.51. The fourth-order valence-corrected chi connectivity index (χ4v) is 9.01. The molecule has 0 spiro atoms. The molecule has 4 rings (SSSR count). The highest BCUT2D eigenvalue weighted by atomic mass is 35.5. The summed E-state index contributed by atoms with van der Waals surface area (Å²) >= 11 is 5.51. The molecule has 0 N–H and O–H groups in total. The first-order valence-corrected chi connectivity index (χ1v) is 13.6. The van der Waals surface area contributed by atoms with E-state index in [0.717, 1.165) is 54.8 Å². The van der Waals surface area contributed by atoms with Gasteiger partial charge in [-0.1, -0.05) is 65.5 Å². The molecule has 0 saturated heterocycles. The minimum atomic E-state index is -0.643. The average molecular weight is 449 g/mol. The Bertz CT molecular complexity index is 699. The number of rotatable bonds is 6. The van der Waals surface area contributed by atoms with Crippen molar-refractivity contribution in [3.63, 3.8) is 0 Å². The molecule has 2 nitrogen and oxygen atoms in total. The molecular formula is C28H45ClO2. The van der Waals surface area contributed by atoms with Crippen LogP contribution in [0.15, 0.2) is 11.6 Å². The van der Waals surface area contributed by atoms with Crippen molar-refractivity contribution in [3.8, 4) is 0 Å². The second kappa shape index (κ2) is 9.03. The molecule has 0 aromatic carbocycles. The Morgan fingerprint density at radius 1 is 1.10 bits per heavy atom. The van der Waals surface area contributed by atoms with Crippen LogP contribution in [0.1, 0.15) is 105 Å². The molecule has 31 heavy (non-hydrogen) atoms. The highest BCUT2D eigenvalue weighted by Gasteiger charge is 2.59. The highest BCUT2D eigenvalue weighted by Crippen LogP contribution is 2.67. The summed E-state index contributed by atoms with van der Waals surface area (Å²) in [6.45, 7) is 12.5. The Hall–Kier alpha value is -0.500. The SMILES string of the molecule is CC(C)CCC[C@@H](C)[C@@H]1CC[C@@H]2[C@@H]3CC=C4C[C@@H](OC(=O)Cl)CC[C@]4(C)[C@@H]3CC[C@@]21C. The summed E-state index contributed by atoms with van der Waals surface area (Å²) in [5, 5.41) is 0. The molecule has 176 valence electrons. The van der Waals surface area contributed by atoms with Gasteiger partial charge in [0.05, 0.1) is 0 Å². The zero-order valence-corrected chi connectivity index (χ0v) is 21.3. The molecular weight excluding hydrogens is 404 g/mol. The van der Waals surface area contributed by atoms with Crippen molar-refractivity contribution in [1.29, 1.82) is 0 Å². The Labute approximate surface area is 195 Å². The molecule has 0 amide bonds. The number of carbonyl (C=O) groups excluding carboxylic acids is 1. The van der Waals surface area contributed by atoms with Crippen LogP contribution in [0.5, 0.6) is 0 Å². The first-order chi connectivity index (χ1) is 14.6. The summed E-state index contributed by atoms with van der Waals surface area (Å²) in [5.74, 6) is 5.19. The summed E-state index contributed by atoms with van der Waals surface area (Å²) in [6.07, 6.45) is 16.7. The van der Waals surface area contributed by atoms with E-state index in [-0.39, 0.29) is 6.10 Å². The minimum absolute atomic E-state index is 0.0164. The van der Waals surface area contributed by atoms with E-state index in [1.807, 2.05) is 0 Å². The smallest absolute Gasteiger partial charge is 0.404 e. The molecule has 0 unspecified atom stereocenters. The fourth-order valence-electron chi connectivity index (χ4n) is 8.88. The van der Waals surface area contributed by atoms with Crippen LogP contribution in [0.3, 0.4) is 0 Å². The third-order valence-corrected chi connectivity index (χ3v) is 10.6. The maximum atomic E-state index is 11.2. The van der Waals surface area contributed by atoms with Crippen LogP contribution in [-0.2, 0) is 4.74 Å². The number of carbonyl (C=O) groups is 1. The molecule has 0 aromatic rings. The standard InChI is InChI=1S/C28H45ClO2/c1-18(2)7-6-8-19(3)23-11-12-24-22-10-9-20-17-21(31-26(29)30)13-15-27(20,4)25(22)14-16-28(23,24)5/h9,18-19,21-25H,6-8,10-17H2,1-5H3/t19-,21+,22+,23+,24-,25-,27+,28-/m1/s1. The summed E-state index contributed by atoms with van der Waals surface area (Å²) in [7, 11) is 0. The van der Waals surface area contributed by atoms with Gasteiger partial charge < -0.3 is 4.74 Å². The topological polar surface area (TPSA) is 26.3 Å². The molecule has 8 atom stereocenters. The largest absolute Gasteiger partial charge is 0.450 e. The lowest BCUT2D eigenvalue weighted by Gasteiger charge is -2.58. The maximum absolute atomic E-state index is 11.2. The van der Waals surface area contributed by atoms with Gasteiger partial charge in [0, 0.05) is 18.0 Å². The van der Waals surface area contributed by atoms with Gasteiger partial charge in [-0.05, 0) is 91.3 Å². The van der Waals surface area contributed by atoms with Gasteiger partial charge in [-0.15, -0.1) is 0 Å². The molecule has 0 heterocycles. The number of allylic oxidation sites excluding steroid dienone is 1. The van der Waals surface area contributed by atoms with E-state index in [9.17, 15) is 4.79 Å². The zero-order valence-electron chi connectivity index (χ0n) is 20.6. The van der Waals surface area contributed by atoms with Crippen molar-refractivity contribution < 1.29 is 9.53 Å². The predicted octanol–water partition coefficient (Wildman–Crippen LogP) is 8.77. The second-order valence-electron chi connectivity index (χ2n) is 12.5. The lowest BCUT2D eigenvalue weighted by atomic mass is 9.47. The van der Waals surface area contributed by atoms with Gasteiger partial charge in [-0.25, -0.2) is 4.79 Å². The second-order valence-corrected chi connectivity index (χ2v) is 12.8. The Kier molecular flexibility index (Phi) is 6.89. The van der Waals surface area contributed by atoms with Crippen molar-refractivity contribution >= 4 is 17.0 Å². The van der Waals surface area contributed by atoms with Crippen molar-refractivity contribution in [1.82, 2.24) is 0 Å². The van der Waals surface area contributed by atoms with Gasteiger partial charge in [-0.3, -0.25) is 0 Å². The summed E-state index contributed by atoms with van der Waals surface area (Å²) < 4.78 is 5.38. The van der Waals surface area contributed by atoms with Crippen molar-refractivity contribution in [3.05, 3.63) is 11.6 Å².